The smallest absolute Gasteiger partial charge is 0.334 e. The van der Waals surface area contributed by atoms with Gasteiger partial charge in [0.05, 0.1) is 25.1 Å². The number of allylic oxidation sites excluding steroid dienone is 1. The first kappa shape index (κ1) is 14.6. The van der Waals surface area contributed by atoms with E-state index in [4.69, 9.17) is 14.2 Å². The Labute approximate surface area is 115 Å². The fraction of sp³-hybridized carbons (Fsp3) is 0.308. The van der Waals surface area contributed by atoms with Gasteiger partial charge in [0.15, 0.2) is 0 Å². The molecule has 98 valence electrons. The lowest BCUT2D eigenvalue weighted by atomic mass is 10.3. The van der Waals surface area contributed by atoms with Gasteiger partial charge in [-0.25, -0.2) is 4.79 Å². The fourth-order valence-corrected chi connectivity index (χ4v) is 1.48. The molecule has 0 bridgehead atoms. The number of benzene rings is 1. The molecule has 0 fully saturated rings. The normalized spacial score (nSPS) is 10.9. The summed E-state index contributed by atoms with van der Waals surface area (Å²) in [4.78, 5) is 11.3. The second-order valence-corrected chi connectivity index (χ2v) is 3.83. The average molecular weight is 315 g/mol. The van der Waals surface area contributed by atoms with Crippen LogP contribution in [-0.2, 0) is 9.53 Å². The highest BCUT2D eigenvalue weighted by Gasteiger charge is 2.04. The molecule has 1 aromatic carbocycles. The molecule has 0 unspecified atom stereocenters. The molecule has 0 saturated carbocycles. The molecule has 4 nitrogen and oxygen atoms in total. The maximum atomic E-state index is 11.3. The molecule has 18 heavy (non-hydrogen) atoms. The van der Waals surface area contributed by atoms with Crippen LogP contribution in [0.5, 0.6) is 11.5 Å². The van der Waals surface area contributed by atoms with Gasteiger partial charge >= 0.3 is 5.97 Å². The van der Waals surface area contributed by atoms with E-state index in [-0.39, 0.29) is 0 Å². The highest BCUT2D eigenvalue weighted by Crippen LogP contribution is 2.19. The second-order valence-electron chi connectivity index (χ2n) is 3.27. The van der Waals surface area contributed by atoms with Crippen LogP contribution in [0.3, 0.4) is 0 Å². The van der Waals surface area contributed by atoms with Gasteiger partial charge in [0, 0.05) is 0 Å². The number of alkyl halides is 1. The lowest BCUT2D eigenvalue weighted by molar-refractivity contribution is -0.137. The zero-order chi connectivity index (χ0) is 13.4. The predicted molar refractivity (Wildman–Crippen MR) is 72.1 cm³/mol. The molecule has 5 heteroatoms. The molecule has 0 aliphatic rings. The zero-order valence-corrected chi connectivity index (χ0v) is 11.9. The Balaban J connectivity index is 2.69. The third-order valence-electron chi connectivity index (χ3n) is 2.01. The van der Waals surface area contributed by atoms with Crippen molar-refractivity contribution in [2.45, 2.75) is 6.92 Å². The molecule has 0 radical (unpaired) electrons. The first-order valence-electron chi connectivity index (χ1n) is 5.44. The van der Waals surface area contributed by atoms with Crippen molar-refractivity contribution in [1.82, 2.24) is 0 Å². The van der Waals surface area contributed by atoms with Gasteiger partial charge in [0.1, 0.15) is 17.3 Å². The van der Waals surface area contributed by atoms with Crippen LogP contribution in [0, 0.1) is 0 Å². The van der Waals surface area contributed by atoms with E-state index in [1.807, 2.05) is 0 Å². The summed E-state index contributed by atoms with van der Waals surface area (Å²) in [6.07, 6.45) is 1.32. The van der Waals surface area contributed by atoms with E-state index in [2.05, 4.69) is 15.9 Å². The van der Waals surface area contributed by atoms with Crippen LogP contribution < -0.4 is 9.47 Å². The summed E-state index contributed by atoms with van der Waals surface area (Å²) >= 11 is 3.26. The minimum atomic E-state index is -0.416. The van der Waals surface area contributed by atoms with Gasteiger partial charge < -0.3 is 14.2 Å². The van der Waals surface area contributed by atoms with Crippen LogP contribution in [-0.4, -0.2) is 25.0 Å². The molecule has 0 amide bonds. The van der Waals surface area contributed by atoms with Crippen molar-refractivity contribution >= 4 is 21.9 Å². The zero-order valence-electron chi connectivity index (χ0n) is 10.3. The average Bonchev–Trinajstić information content (AvgIpc) is 2.39. The Kier molecular flexibility index (Phi) is 6.28. The van der Waals surface area contributed by atoms with Crippen molar-refractivity contribution in [3.63, 3.8) is 0 Å². The maximum absolute atomic E-state index is 11.3. The number of ether oxygens (including phenoxy) is 3. The molecule has 0 atom stereocenters. The highest BCUT2D eigenvalue weighted by atomic mass is 79.9. The number of carbonyl (C=O) groups excluding carboxylic acids is 1. The number of halogens is 1. The molecule has 0 spiro atoms. The van der Waals surface area contributed by atoms with E-state index < -0.39 is 5.97 Å². The minimum absolute atomic E-state index is 0.341. The number of rotatable bonds is 6. The second kappa shape index (κ2) is 7.76. The number of hydrogen-bond donors (Lipinski definition) is 0. The third kappa shape index (κ3) is 4.79. The van der Waals surface area contributed by atoms with Gasteiger partial charge in [-0.15, -0.1) is 0 Å². The van der Waals surface area contributed by atoms with E-state index in [9.17, 15) is 4.79 Å². The summed E-state index contributed by atoms with van der Waals surface area (Å²) in [5.74, 6) is 1.45. The molecule has 0 N–H and O–H groups in total. The topological polar surface area (TPSA) is 44.8 Å². The van der Waals surface area contributed by atoms with Crippen molar-refractivity contribution in [1.29, 1.82) is 0 Å². The van der Waals surface area contributed by atoms with Crippen molar-refractivity contribution < 1.29 is 19.0 Å². The maximum Gasteiger partial charge on any atom is 0.334 e. The lowest BCUT2D eigenvalue weighted by Gasteiger charge is -2.08. The summed E-state index contributed by atoms with van der Waals surface area (Å²) in [6.45, 7) is 2.09. The van der Waals surface area contributed by atoms with E-state index in [1.165, 1.54) is 6.08 Å². The van der Waals surface area contributed by atoms with Gasteiger partial charge in [0.2, 0.25) is 0 Å². The number of hydrogen-bond acceptors (Lipinski definition) is 4. The minimum Gasteiger partial charge on any atom is -0.497 e. The molecule has 1 aromatic rings. The van der Waals surface area contributed by atoms with Gasteiger partial charge in [-0.2, -0.15) is 0 Å². The number of methoxy groups -OCH3 is 1. The van der Waals surface area contributed by atoms with Crippen LogP contribution in [0.25, 0.3) is 0 Å². The molecule has 0 aromatic heterocycles. The predicted octanol–water partition coefficient (Wildman–Crippen LogP) is 2.92. The van der Waals surface area contributed by atoms with E-state index in [0.29, 0.717) is 23.4 Å². The van der Waals surface area contributed by atoms with Crippen LogP contribution >= 0.6 is 15.9 Å². The van der Waals surface area contributed by atoms with Gasteiger partial charge in [0.25, 0.3) is 0 Å². The van der Waals surface area contributed by atoms with Crippen molar-refractivity contribution in [2.24, 2.45) is 0 Å². The van der Waals surface area contributed by atoms with E-state index >= 15 is 0 Å². The molecular weight excluding hydrogens is 300 g/mol. The van der Waals surface area contributed by atoms with Crippen molar-refractivity contribution in [3.8, 4) is 11.5 Å². The van der Waals surface area contributed by atoms with Crippen LogP contribution in [0.1, 0.15) is 6.92 Å². The summed E-state index contributed by atoms with van der Waals surface area (Å²) in [6, 6.07) is 7.10. The van der Waals surface area contributed by atoms with Gasteiger partial charge in [-0.1, -0.05) is 15.9 Å². The fourth-order valence-electron chi connectivity index (χ4n) is 1.21. The summed E-state index contributed by atoms with van der Waals surface area (Å²) in [7, 11) is 1.60. The molecule has 1 rings (SSSR count). The monoisotopic (exact) mass is 314 g/mol. The first-order chi connectivity index (χ1) is 8.69. The quantitative estimate of drug-likeness (QED) is 0.350. The summed E-state index contributed by atoms with van der Waals surface area (Å²) < 4.78 is 15.4. The largest absolute Gasteiger partial charge is 0.497 e. The molecule has 0 aliphatic heterocycles. The van der Waals surface area contributed by atoms with Gasteiger partial charge in [-0.05, 0) is 31.2 Å². The third-order valence-corrected chi connectivity index (χ3v) is 2.56. The van der Waals surface area contributed by atoms with E-state index in [0.717, 1.165) is 5.75 Å². The molecule has 0 saturated heterocycles. The van der Waals surface area contributed by atoms with Crippen molar-refractivity contribution in [3.05, 3.63) is 36.1 Å². The summed E-state index contributed by atoms with van der Waals surface area (Å²) in [5, 5.41) is 0.428. The Morgan fingerprint density at radius 3 is 2.39 bits per heavy atom. The van der Waals surface area contributed by atoms with Crippen molar-refractivity contribution in [2.75, 3.05) is 19.0 Å². The molecular formula is C13H15BrO4. The Hall–Kier alpha value is -1.49. The van der Waals surface area contributed by atoms with Crippen LogP contribution in [0.15, 0.2) is 36.1 Å². The SMILES string of the molecule is CCOC(=O)/C=C(/CBr)Oc1ccc(OC)cc1. The van der Waals surface area contributed by atoms with Crippen LogP contribution in [0.4, 0.5) is 0 Å². The summed E-state index contributed by atoms with van der Waals surface area (Å²) in [5.41, 5.74) is 0. The lowest BCUT2D eigenvalue weighted by Crippen LogP contribution is -2.05. The number of carbonyl (C=O) groups is 1. The Morgan fingerprint density at radius 2 is 1.89 bits per heavy atom. The Bertz CT molecular complexity index is 412. The van der Waals surface area contributed by atoms with Gasteiger partial charge in [-0.3, -0.25) is 0 Å². The van der Waals surface area contributed by atoms with E-state index in [1.54, 1.807) is 38.3 Å². The first-order valence-corrected chi connectivity index (χ1v) is 6.57. The molecule has 0 heterocycles. The standard InChI is InChI=1S/C13H15BrO4/c1-3-17-13(15)8-12(9-14)18-11-6-4-10(16-2)5-7-11/h4-8H,3,9H2,1-2H3/b12-8-. The number of esters is 1. The molecule has 0 aliphatic carbocycles. The highest BCUT2D eigenvalue weighted by molar-refractivity contribution is 9.09. The van der Waals surface area contributed by atoms with Crippen LogP contribution in [0.2, 0.25) is 0 Å². The Morgan fingerprint density at radius 1 is 1.28 bits per heavy atom.